The number of halogens is 1. The highest BCUT2D eigenvalue weighted by Gasteiger charge is 2.26. The molecule has 2 nitrogen and oxygen atoms in total. The Balaban J connectivity index is 2.21. The Morgan fingerprint density at radius 3 is 2.21 bits per heavy atom. The third kappa shape index (κ3) is 3.06. The summed E-state index contributed by atoms with van der Waals surface area (Å²) in [7, 11) is 2.21. The van der Waals surface area contributed by atoms with Crippen LogP contribution in [-0.2, 0) is 0 Å². The SMILES string of the molecule is CC(C)c1ccc(N2C[C@@H](C)N(C)[C@@H](C)C2)cc1Cl. The molecule has 1 heterocycles. The molecule has 0 unspecified atom stereocenters. The zero-order valence-corrected chi connectivity index (χ0v) is 13.4. The lowest BCUT2D eigenvalue weighted by Gasteiger charge is -2.43. The predicted molar refractivity (Wildman–Crippen MR) is 84.4 cm³/mol. The summed E-state index contributed by atoms with van der Waals surface area (Å²) in [4.78, 5) is 4.89. The van der Waals surface area contributed by atoms with Gasteiger partial charge in [0.2, 0.25) is 0 Å². The Hall–Kier alpha value is -0.730. The van der Waals surface area contributed by atoms with Crippen LogP contribution in [0.2, 0.25) is 5.02 Å². The molecule has 0 radical (unpaired) electrons. The zero-order valence-electron chi connectivity index (χ0n) is 12.7. The van der Waals surface area contributed by atoms with Gasteiger partial charge in [0.05, 0.1) is 0 Å². The van der Waals surface area contributed by atoms with Gasteiger partial charge in [-0.1, -0.05) is 31.5 Å². The molecule has 0 saturated carbocycles. The van der Waals surface area contributed by atoms with Crippen molar-refractivity contribution in [2.75, 3.05) is 25.0 Å². The molecule has 0 aromatic heterocycles. The van der Waals surface area contributed by atoms with Crippen LogP contribution in [-0.4, -0.2) is 37.1 Å². The number of anilines is 1. The van der Waals surface area contributed by atoms with Crippen molar-refractivity contribution in [3.63, 3.8) is 0 Å². The van der Waals surface area contributed by atoms with E-state index in [1.807, 2.05) is 0 Å². The summed E-state index contributed by atoms with van der Waals surface area (Å²) in [6.07, 6.45) is 0. The molecule has 106 valence electrons. The molecular formula is C16H25ClN2. The van der Waals surface area contributed by atoms with E-state index in [-0.39, 0.29) is 0 Å². The normalized spacial score (nSPS) is 25.1. The molecule has 1 aliphatic rings. The van der Waals surface area contributed by atoms with Crippen molar-refractivity contribution in [1.82, 2.24) is 4.90 Å². The Kier molecular flexibility index (Phi) is 4.42. The minimum absolute atomic E-state index is 0.479. The summed E-state index contributed by atoms with van der Waals surface area (Å²) in [5, 5.41) is 0.895. The molecule has 0 amide bonds. The van der Waals surface area contributed by atoms with Crippen molar-refractivity contribution >= 4 is 17.3 Å². The van der Waals surface area contributed by atoms with Gasteiger partial charge in [0.15, 0.2) is 0 Å². The molecule has 2 atom stereocenters. The fraction of sp³-hybridized carbons (Fsp3) is 0.625. The van der Waals surface area contributed by atoms with Crippen LogP contribution in [0.15, 0.2) is 18.2 Å². The fourth-order valence-electron chi connectivity index (χ4n) is 2.80. The van der Waals surface area contributed by atoms with Gasteiger partial charge in [-0.2, -0.15) is 0 Å². The maximum atomic E-state index is 6.41. The lowest BCUT2D eigenvalue weighted by atomic mass is 10.0. The average Bonchev–Trinajstić information content (AvgIpc) is 2.34. The van der Waals surface area contributed by atoms with Crippen molar-refractivity contribution < 1.29 is 0 Å². The van der Waals surface area contributed by atoms with Crippen molar-refractivity contribution in [1.29, 1.82) is 0 Å². The predicted octanol–water partition coefficient (Wildman–Crippen LogP) is 3.99. The Bertz CT molecular complexity index is 432. The summed E-state index contributed by atoms with van der Waals surface area (Å²) in [6.45, 7) is 11.1. The van der Waals surface area contributed by atoms with Crippen LogP contribution in [0, 0.1) is 0 Å². The van der Waals surface area contributed by atoms with Crippen LogP contribution in [0.3, 0.4) is 0 Å². The number of likely N-dealkylation sites (N-methyl/N-ethyl adjacent to an activating group) is 1. The second-order valence-electron chi connectivity index (χ2n) is 6.13. The number of benzene rings is 1. The number of hydrogen-bond acceptors (Lipinski definition) is 2. The molecule has 19 heavy (non-hydrogen) atoms. The van der Waals surface area contributed by atoms with Crippen molar-refractivity contribution in [3.8, 4) is 0 Å². The van der Waals surface area contributed by atoms with Gasteiger partial charge in [-0.3, -0.25) is 4.90 Å². The maximum absolute atomic E-state index is 6.41. The zero-order chi connectivity index (χ0) is 14.2. The molecule has 1 aromatic carbocycles. The van der Waals surface area contributed by atoms with E-state index in [4.69, 9.17) is 11.6 Å². The molecular weight excluding hydrogens is 256 g/mol. The minimum atomic E-state index is 0.479. The highest BCUT2D eigenvalue weighted by atomic mass is 35.5. The number of hydrogen-bond donors (Lipinski definition) is 0. The molecule has 2 rings (SSSR count). The van der Waals surface area contributed by atoms with Gasteiger partial charge in [-0.05, 0) is 44.5 Å². The smallest absolute Gasteiger partial charge is 0.0461 e. The van der Waals surface area contributed by atoms with E-state index < -0.39 is 0 Å². The van der Waals surface area contributed by atoms with E-state index in [9.17, 15) is 0 Å². The molecule has 1 aromatic rings. The van der Waals surface area contributed by atoms with Crippen molar-refractivity contribution in [2.45, 2.75) is 45.7 Å². The third-order valence-electron chi connectivity index (χ3n) is 4.33. The number of nitrogens with zero attached hydrogens (tertiary/aromatic N) is 2. The van der Waals surface area contributed by atoms with Gasteiger partial charge in [0, 0.05) is 35.9 Å². The van der Waals surface area contributed by atoms with Gasteiger partial charge in [0.1, 0.15) is 0 Å². The lowest BCUT2D eigenvalue weighted by Crippen LogP contribution is -2.55. The van der Waals surface area contributed by atoms with Crippen LogP contribution < -0.4 is 4.90 Å². The Morgan fingerprint density at radius 1 is 1.16 bits per heavy atom. The standard InChI is InChI=1S/C16H25ClN2/c1-11(2)15-7-6-14(8-16(15)17)19-9-12(3)18(5)13(4)10-19/h6-8,11-13H,9-10H2,1-5H3/t12-,13+. The van der Waals surface area contributed by atoms with Crippen LogP contribution >= 0.6 is 11.6 Å². The fourth-order valence-corrected chi connectivity index (χ4v) is 3.19. The average molecular weight is 281 g/mol. The molecule has 0 N–H and O–H groups in total. The van der Waals surface area contributed by atoms with E-state index in [1.54, 1.807) is 0 Å². The van der Waals surface area contributed by atoms with E-state index in [0.717, 1.165) is 18.1 Å². The second-order valence-corrected chi connectivity index (χ2v) is 6.54. The summed E-state index contributed by atoms with van der Waals surface area (Å²) in [5.74, 6) is 0.479. The van der Waals surface area contributed by atoms with Crippen LogP contribution in [0.1, 0.15) is 39.2 Å². The van der Waals surface area contributed by atoms with E-state index >= 15 is 0 Å². The maximum Gasteiger partial charge on any atom is 0.0461 e. The lowest BCUT2D eigenvalue weighted by molar-refractivity contribution is 0.170. The first kappa shape index (κ1) is 14.7. The molecule has 0 aliphatic carbocycles. The van der Waals surface area contributed by atoms with Gasteiger partial charge in [-0.25, -0.2) is 0 Å². The molecule has 1 aliphatic heterocycles. The molecule has 0 bridgehead atoms. The quantitative estimate of drug-likeness (QED) is 0.808. The number of rotatable bonds is 2. The topological polar surface area (TPSA) is 6.48 Å². The largest absolute Gasteiger partial charge is 0.368 e. The van der Waals surface area contributed by atoms with Crippen molar-refractivity contribution in [2.24, 2.45) is 0 Å². The summed E-state index contributed by atoms with van der Waals surface area (Å²) < 4.78 is 0. The van der Waals surface area contributed by atoms with Crippen LogP contribution in [0.4, 0.5) is 5.69 Å². The monoisotopic (exact) mass is 280 g/mol. The van der Waals surface area contributed by atoms with Gasteiger partial charge < -0.3 is 4.90 Å². The Labute approximate surface area is 122 Å². The Morgan fingerprint density at radius 2 is 1.74 bits per heavy atom. The van der Waals surface area contributed by atoms with Gasteiger partial charge in [-0.15, -0.1) is 0 Å². The minimum Gasteiger partial charge on any atom is -0.368 e. The van der Waals surface area contributed by atoms with Crippen LogP contribution in [0.25, 0.3) is 0 Å². The summed E-state index contributed by atoms with van der Waals surface area (Å²) >= 11 is 6.41. The second kappa shape index (κ2) is 5.72. The first-order valence-corrected chi connectivity index (χ1v) is 7.54. The van der Waals surface area contributed by atoms with Gasteiger partial charge >= 0.3 is 0 Å². The summed E-state index contributed by atoms with van der Waals surface area (Å²) in [6, 6.07) is 7.67. The van der Waals surface area contributed by atoms with E-state index in [2.05, 4.69) is 62.7 Å². The first-order valence-electron chi connectivity index (χ1n) is 7.16. The molecule has 0 spiro atoms. The summed E-state index contributed by atoms with van der Waals surface area (Å²) in [5.41, 5.74) is 2.49. The first-order chi connectivity index (χ1) is 8.90. The van der Waals surface area contributed by atoms with E-state index in [0.29, 0.717) is 18.0 Å². The molecule has 1 fully saturated rings. The highest BCUT2D eigenvalue weighted by molar-refractivity contribution is 6.31. The van der Waals surface area contributed by atoms with Crippen LogP contribution in [0.5, 0.6) is 0 Å². The molecule has 3 heteroatoms. The van der Waals surface area contributed by atoms with Gasteiger partial charge in [0.25, 0.3) is 0 Å². The third-order valence-corrected chi connectivity index (χ3v) is 4.66. The van der Waals surface area contributed by atoms with Crippen molar-refractivity contribution in [3.05, 3.63) is 28.8 Å². The van der Waals surface area contributed by atoms with E-state index in [1.165, 1.54) is 11.3 Å². The molecule has 1 saturated heterocycles. The highest BCUT2D eigenvalue weighted by Crippen LogP contribution is 2.30. The number of piperazine rings is 1.